The van der Waals surface area contributed by atoms with E-state index >= 15 is 0 Å². The number of alkyl halides is 2. The Morgan fingerprint density at radius 3 is 2.57 bits per heavy atom. The number of esters is 1. The lowest BCUT2D eigenvalue weighted by Crippen LogP contribution is -2.44. The van der Waals surface area contributed by atoms with Gasteiger partial charge in [-0.25, -0.2) is 4.79 Å². The SMILES string of the molecule is CC12CC(COC(=O)C(F)(F)S(=O)(=O)O)CC3CC(C)(C1)C3C2. The summed E-state index contributed by atoms with van der Waals surface area (Å²) in [5, 5.41) is -4.91. The van der Waals surface area contributed by atoms with Gasteiger partial charge in [0.1, 0.15) is 0 Å². The van der Waals surface area contributed by atoms with Gasteiger partial charge in [0.05, 0.1) is 6.61 Å². The standard InChI is InChI=1S/C15H22F2O5S/c1-13-4-9(3-10-5-14(2,8-13)11(10)6-13)7-22-12(18)15(16,17)23(19,20)21/h9-11H,3-8H2,1-2H3,(H,19,20,21). The van der Waals surface area contributed by atoms with Gasteiger partial charge in [0.15, 0.2) is 0 Å². The molecule has 0 spiro atoms. The van der Waals surface area contributed by atoms with Crippen LogP contribution in [0.4, 0.5) is 8.78 Å². The van der Waals surface area contributed by atoms with Crippen molar-refractivity contribution in [2.45, 2.75) is 51.2 Å². The average molecular weight is 352 g/mol. The first kappa shape index (κ1) is 17.1. The van der Waals surface area contributed by atoms with Crippen molar-refractivity contribution in [1.82, 2.24) is 0 Å². The van der Waals surface area contributed by atoms with Crippen molar-refractivity contribution in [3.63, 3.8) is 0 Å². The number of carbonyl (C=O) groups is 1. The minimum atomic E-state index is -5.80. The van der Waals surface area contributed by atoms with Gasteiger partial charge in [0.25, 0.3) is 0 Å². The van der Waals surface area contributed by atoms with Gasteiger partial charge in [0, 0.05) is 0 Å². The Morgan fingerprint density at radius 1 is 1.30 bits per heavy atom. The van der Waals surface area contributed by atoms with Crippen molar-refractivity contribution in [2.75, 3.05) is 6.61 Å². The molecule has 5 nitrogen and oxygen atoms in total. The predicted octanol–water partition coefficient (Wildman–Crippen LogP) is 2.86. The Balaban J connectivity index is 1.63. The molecule has 0 saturated heterocycles. The molecule has 0 aromatic carbocycles. The van der Waals surface area contributed by atoms with Crippen molar-refractivity contribution >= 4 is 16.1 Å². The number of halogens is 2. The van der Waals surface area contributed by atoms with E-state index in [1.165, 1.54) is 0 Å². The summed E-state index contributed by atoms with van der Waals surface area (Å²) in [6, 6.07) is 0. The Hall–Kier alpha value is -0.760. The van der Waals surface area contributed by atoms with Crippen LogP contribution in [0.3, 0.4) is 0 Å². The Bertz CT molecular complexity index is 634. The van der Waals surface area contributed by atoms with E-state index in [4.69, 9.17) is 4.55 Å². The topological polar surface area (TPSA) is 80.7 Å². The molecule has 0 aromatic rings. The van der Waals surface area contributed by atoms with Gasteiger partial charge in [-0.2, -0.15) is 17.2 Å². The molecule has 3 rings (SSSR count). The molecule has 5 atom stereocenters. The highest BCUT2D eigenvalue weighted by Crippen LogP contribution is 2.70. The number of carbonyl (C=O) groups excluding carboxylic acids is 1. The maximum absolute atomic E-state index is 13.2. The van der Waals surface area contributed by atoms with Crippen LogP contribution in [-0.2, 0) is 19.6 Å². The molecular weight excluding hydrogens is 330 g/mol. The van der Waals surface area contributed by atoms with Gasteiger partial charge in [0.2, 0.25) is 0 Å². The van der Waals surface area contributed by atoms with Crippen molar-refractivity contribution in [3.8, 4) is 0 Å². The molecule has 0 radical (unpaired) electrons. The minimum absolute atomic E-state index is 0.0407. The molecule has 3 fully saturated rings. The monoisotopic (exact) mass is 352 g/mol. The molecule has 1 N–H and O–H groups in total. The molecular formula is C15H22F2O5S. The minimum Gasteiger partial charge on any atom is -0.460 e. The fourth-order valence-electron chi connectivity index (χ4n) is 5.62. The van der Waals surface area contributed by atoms with Crippen molar-refractivity contribution in [1.29, 1.82) is 0 Å². The van der Waals surface area contributed by atoms with E-state index in [0.717, 1.165) is 32.1 Å². The first-order chi connectivity index (χ1) is 10.4. The number of hydrogen-bond acceptors (Lipinski definition) is 4. The quantitative estimate of drug-likeness (QED) is 0.621. The summed E-state index contributed by atoms with van der Waals surface area (Å²) in [5.41, 5.74) is 0.534. The summed E-state index contributed by atoms with van der Waals surface area (Å²) < 4.78 is 60.5. The summed E-state index contributed by atoms with van der Waals surface area (Å²) in [6.07, 6.45) is 4.96. The van der Waals surface area contributed by atoms with E-state index in [2.05, 4.69) is 18.6 Å². The highest BCUT2D eigenvalue weighted by Gasteiger charge is 2.62. The van der Waals surface area contributed by atoms with E-state index in [-0.39, 0.29) is 17.9 Å². The van der Waals surface area contributed by atoms with Crippen LogP contribution in [0.25, 0.3) is 0 Å². The number of ether oxygens (including phenoxy) is 1. The molecule has 3 aliphatic carbocycles. The predicted molar refractivity (Wildman–Crippen MR) is 77.2 cm³/mol. The summed E-state index contributed by atoms with van der Waals surface area (Å²) in [5.74, 6) is -1.04. The maximum atomic E-state index is 13.2. The van der Waals surface area contributed by atoms with Gasteiger partial charge in [-0.05, 0) is 60.7 Å². The zero-order valence-corrected chi connectivity index (χ0v) is 14.0. The number of hydrogen-bond donors (Lipinski definition) is 1. The summed E-state index contributed by atoms with van der Waals surface area (Å²) in [7, 11) is -5.80. The number of fused-ring (bicyclic) bond motifs is 1. The van der Waals surface area contributed by atoms with Crippen LogP contribution in [0.1, 0.15) is 46.0 Å². The highest BCUT2D eigenvalue weighted by atomic mass is 32.2. The molecule has 132 valence electrons. The third-order valence-electron chi connectivity index (χ3n) is 6.17. The Morgan fingerprint density at radius 2 is 1.96 bits per heavy atom. The van der Waals surface area contributed by atoms with E-state index < -0.39 is 21.3 Å². The molecule has 0 amide bonds. The second-order valence-corrected chi connectivity index (χ2v) is 9.78. The van der Waals surface area contributed by atoms with Crippen molar-refractivity contribution < 1.29 is 31.3 Å². The van der Waals surface area contributed by atoms with Crippen LogP contribution < -0.4 is 0 Å². The zero-order valence-electron chi connectivity index (χ0n) is 13.2. The molecule has 3 aliphatic rings. The molecule has 8 heteroatoms. The second-order valence-electron chi connectivity index (χ2n) is 8.31. The molecule has 23 heavy (non-hydrogen) atoms. The number of rotatable bonds is 4. The van der Waals surface area contributed by atoms with E-state index in [1.807, 2.05) is 0 Å². The highest BCUT2D eigenvalue weighted by molar-refractivity contribution is 7.87. The Kier molecular flexibility index (Phi) is 3.62. The van der Waals surface area contributed by atoms with Crippen molar-refractivity contribution in [2.24, 2.45) is 28.6 Å². The molecule has 0 heterocycles. The van der Waals surface area contributed by atoms with Crippen LogP contribution in [0.15, 0.2) is 0 Å². The summed E-state index contributed by atoms with van der Waals surface area (Å²) >= 11 is 0. The van der Waals surface area contributed by atoms with Gasteiger partial charge in [-0.1, -0.05) is 13.8 Å². The van der Waals surface area contributed by atoms with Gasteiger partial charge in [-0.3, -0.25) is 4.55 Å². The smallest absolute Gasteiger partial charge is 0.460 e. The van der Waals surface area contributed by atoms with Gasteiger partial charge >= 0.3 is 21.3 Å². The van der Waals surface area contributed by atoms with Crippen LogP contribution in [0, 0.1) is 28.6 Å². The molecule has 0 aromatic heterocycles. The van der Waals surface area contributed by atoms with E-state index in [9.17, 15) is 22.0 Å². The van der Waals surface area contributed by atoms with Gasteiger partial charge < -0.3 is 4.74 Å². The normalized spacial score (nSPS) is 42.7. The Labute approximate surface area is 134 Å². The summed E-state index contributed by atoms with van der Waals surface area (Å²) in [4.78, 5) is 11.3. The lowest BCUT2D eigenvalue weighted by atomic mass is 9.54. The third-order valence-corrected chi connectivity index (χ3v) is 6.98. The zero-order chi connectivity index (χ0) is 17.3. The summed E-state index contributed by atoms with van der Waals surface area (Å²) in [6.45, 7) is 4.28. The molecule has 2 bridgehead atoms. The van der Waals surface area contributed by atoms with Gasteiger partial charge in [-0.15, -0.1) is 0 Å². The van der Waals surface area contributed by atoms with Crippen molar-refractivity contribution in [3.05, 3.63) is 0 Å². The third kappa shape index (κ3) is 2.67. The van der Waals surface area contributed by atoms with E-state index in [1.54, 1.807) is 0 Å². The largest absolute Gasteiger partial charge is 0.465 e. The fourth-order valence-corrected chi connectivity index (χ4v) is 5.89. The lowest BCUT2D eigenvalue weighted by Gasteiger charge is -2.51. The first-order valence-electron chi connectivity index (χ1n) is 7.88. The van der Waals surface area contributed by atoms with Crippen LogP contribution in [0.5, 0.6) is 0 Å². The first-order valence-corrected chi connectivity index (χ1v) is 9.32. The second kappa shape index (κ2) is 4.88. The molecule has 0 aliphatic heterocycles. The molecule has 5 unspecified atom stereocenters. The average Bonchev–Trinajstić information content (AvgIpc) is 2.50. The fraction of sp³-hybridized carbons (Fsp3) is 0.933. The molecule has 3 saturated carbocycles. The maximum Gasteiger partial charge on any atom is 0.465 e. The van der Waals surface area contributed by atoms with Crippen LogP contribution >= 0.6 is 0 Å². The van der Waals surface area contributed by atoms with Crippen LogP contribution in [0.2, 0.25) is 0 Å². The lowest BCUT2D eigenvalue weighted by molar-refractivity contribution is -0.164. The van der Waals surface area contributed by atoms with Crippen LogP contribution in [-0.4, -0.2) is 30.8 Å². The van der Waals surface area contributed by atoms with E-state index in [0.29, 0.717) is 17.3 Å².